The molecule has 2 heterocycles. The summed E-state index contributed by atoms with van der Waals surface area (Å²) in [4.78, 5) is 13.1. The van der Waals surface area contributed by atoms with Crippen LogP contribution >= 0.6 is 0 Å². The van der Waals surface area contributed by atoms with Gasteiger partial charge in [-0.15, -0.1) is 0 Å². The highest BCUT2D eigenvalue weighted by Crippen LogP contribution is 2.34. The van der Waals surface area contributed by atoms with Crippen LogP contribution < -0.4 is 5.32 Å². The van der Waals surface area contributed by atoms with Gasteiger partial charge >= 0.3 is 0 Å². The van der Waals surface area contributed by atoms with Gasteiger partial charge in [0.2, 0.25) is 15.9 Å². The summed E-state index contributed by atoms with van der Waals surface area (Å²) in [5, 5.41) is 3.18. The fourth-order valence-electron chi connectivity index (χ4n) is 5.16. The monoisotopic (exact) mass is 484 g/mol. The molecule has 1 N–H and O–H groups in total. The fourth-order valence-corrected chi connectivity index (χ4v) is 6.75. The van der Waals surface area contributed by atoms with E-state index in [2.05, 4.69) is 17.4 Å². The van der Waals surface area contributed by atoms with Crippen LogP contribution in [0.4, 0.5) is 0 Å². The van der Waals surface area contributed by atoms with Gasteiger partial charge in [0.15, 0.2) is 0 Å². The number of aryl methyl sites for hydroxylation is 1. The molecule has 6 nitrogen and oxygen atoms in total. The van der Waals surface area contributed by atoms with Gasteiger partial charge in [0, 0.05) is 38.3 Å². The fraction of sp³-hybridized carbons (Fsp3) is 0.519. The van der Waals surface area contributed by atoms with Gasteiger partial charge in [0.25, 0.3) is 0 Å². The Kier molecular flexibility index (Phi) is 8.40. The van der Waals surface area contributed by atoms with Crippen molar-refractivity contribution in [3.8, 4) is 0 Å². The van der Waals surface area contributed by atoms with Crippen LogP contribution in [0.1, 0.15) is 43.2 Å². The number of carbonyl (C=O) groups is 1. The van der Waals surface area contributed by atoms with Gasteiger partial charge in [0.05, 0.1) is 11.7 Å². The highest BCUT2D eigenvalue weighted by Gasteiger charge is 2.37. The maximum atomic E-state index is 13.1. The number of nitrogens with one attached hydrogen (secondary N) is 1. The molecule has 1 amide bonds. The maximum Gasteiger partial charge on any atom is 0.224 e. The largest absolute Gasteiger partial charge is 0.381 e. The van der Waals surface area contributed by atoms with Crippen LogP contribution in [0.2, 0.25) is 0 Å². The molecule has 2 saturated heterocycles. The zero-order valence-corrected chi connectivity index (χ0v) is 20.6. The number of ether oxygens (including phenoxy) is 1. The third kappa shape index (κ3) is 6.26. The molecule has 184 valence electrons. The van der Waals surface area contributed by atoms with Gasteiger partial charge in [-0.3, -0.25) is 4.79 Å². The smallest absolute Gasteiger partial charge is 0.224 e. The molecule has 4 rings (SSSR count). The van der Waals surface area contributed by atoms with Crippen molar-refractivity contribution in [1.82, 2.24) is 9.62 Å². The molecule has 2 aliphatic rings. The van der Waals surface area contributed by atoms with Crippen LogP contribution in [-0.2, 0) is 31.4 Å². The molecular weight excluding hydrogens is 448 g/mol. The number of hydrogen-bond donors (Lipinski definition) is 1. The zero-order valence-electron chi connectivity index (χ0n) is 19.8. The minimum absolute atomic E-state index is 0.0361. The molecule has 0 bridgehead atoms. The summed E-state index contributed by atoms with van der Waals surface area (Å²) in [6.45, 7) is 2.70. The van der Waals surface area contributed by atoms with Crippen molar-refractivity contribution in [3.05, 3.63) is 71.8 Å². The van der Waals surface area contributed by atoms with Crippen molar-refractivity contribution in [1.29, 1.82) is 0 Å². The Bertz CT molecular complexity index is 1020. The summed E-state index contributed by atoms with van der Waals surface area (Å²) in [6, 6.07) is 20.3. The van der Waals surface area contributed by atoms with E-state index in [0.717, 1.165) is 31.2 Å². The molecule has 7 heteroatoms. The molecule has 2 aromatic rings. The first kappa shape index (κ1) is 24.9. The minimum Gasteiger partial charge on any atom is -0.381 e. The van der Waals surface area contributed by atoms with E-state index in [1.54, 1.807) is 0 Å². The van der Waals surface area contributed by atoms with Gasteiger partial charge in [-0.2, -0.15) is 0 Å². The molecule has 1 unspecified atom stereocenters. The number of hydrogen-bond acceptors (Lipinski definition) is 4. The molecule has 0 saturated carbocycles. The average molecular weight is 485 g/mol. The van der Waals surface area contributed by atoms with Crippen molar-refractivity contribution < 1.29 is 17.9 Å². The Morgan fingerprint density at radius 1 is 1.03 bits per heavy atom. The molecule has 2 aromatic carbocycles. The van der Waals surface area contributed by atoms with Crippen LogP contribution in [0.5, 0.6) is 0 Å². The van der Waals surface area contributed by atoms with Crippen molar-refractivity contribution in [2.24, 2.45) is 5.92 Å². The highest BCUT2D eigenvalue weighted by molar-refractivity contribution is 7.89. The number of nitrogens with zero attached hydrogens (tertiary/aromatic N) is 1. The summed E-state index contributed by atoms with van der Waals surface area (Å²) in [5.74, 6) is -0.218. The quantitative estimate of drug-likeness (QED) is 0.591. The maximum absolute atomic E-state index is 13.1. The third-order valence-electron chi connectivity index (χ3n) is 7.30. The van der Waals surface area contributed by atoms with Crippen molar-refractivity contribution >= 4 is 15.9 Å². The molecule has 2 aliphatic heterocycles. The Morgan fingerprint density at radius 2 is 1.71 bits per heavy atom. The predicted octanol–water partition coefficient (Wildman–Crippen LogP) is 3.53. The van der Waals surface area contributed by atoms with Crippen molar-refractivity contribution in [2.45, 2.75) is 43.9 Å². The lowest BCUT2D eigenvalue weighted by atomic mass is 9.74. The van der Waals surface area contributed by atoms with Crippen molar-refractivity contribution in [2.75, 3.05) is 38.6 Å². The SMILES string of the molecule is O=C(NCC1(c2ccccc2)CCOCC1)C1CCCN(S(=O)(=O)CCCc2ccccc2)C1. The number of rotatable bonds is 9. The van der Waals surface area contributed by atoms with Crippen LogP contribution in [0, 0.1) is 5.92 Å². The van der Waals surface area contributed by atoms with E-state index >= 15 is 0 Å². The van der Waals surface area contributed by atoms with Gasteiger partial charge < -0.3 is 10.1 Å². The average Bonchev–Trinajstić information content (AvgIpc) is 2.89. The summed E-state index contributed by atoms with van der Waals surface area (Å²) in [6.07, 6.45) is 4.50. The first-order valence-corrected chi connectivity index (χ1v) is 14.0. The van der Waals surface area contributed by atoms with Crippen LogP contribution in [0.3, 0.4) is 0 Å². The summed E-state index contributed by atoms with van der Waals surface area (Å²) in [7, 11) is -3.37. The second-order valence-electron chi connectivity index (χ2n) is 9.58. The standard InChI is InChI=1S/C27H36N2O4S/c30-26(28-22-27(15-18-33-19-16-27)25-13-5-2-6-14-25)24-12-7-17-29(21-24)34(31,32)20-8-11-23-9-3-1-4-10-23/h1-6,9-10,13-14,24H,7-8,11-12,15-22H2,(H,28,30). The molecule has 1 atom stereocenters. The zero-order chi connectivity index (χ0) is 23.9. The lowest BCUT2D eigenvalue weighted by Crippen LogP contribution is -2.49. The van der Waals surface area contributed by atoms with E-state index in [1.807, 2.05) is 48.5 Å². The number of carbonyl (C=O) groups excluding carboxylic acids is 1. The van der Waals surface area contributed by atoms with Crippen LogP contribution in [-0.4, -0.2) is 57.2 Å². The van der Waals surface area contributed by atoms with E-state index < -0.39 is 10.0 Å². The molecule has 0 radical (unpaired) electrons. The van der Waals surface area contributed by atoms with E-state index in [9.17, 15) is 13.2 Å². The highest BCUT2D eigenvalue weighted by atomic mass is 32.2. The predicted molar refractivity (Wildman–Crippen MR) is 134 cm³/mol. The summed E-state index contributed by atoms with van der Waals surface area (Å²) >= 11 is 0. The molecule has 34 heavy (non-hydrogen) atoms. The van der Waals surface area contributed by atoms with Gasteiger partial charge in [-0.05, 0) is 49.7 Å². The Balaban J connectivity index is 1.32. The Morgan fingerprint density at radius 3 is 2.41 bits per heavy atom. The second-order valence-corrected chi connectivity index (χ2v) is 11.7. The molecule has 0 spiro atoms. The van der Waals surface area contributed by atoms with E-state index in [0.29, 0.717) is 39.1 Å². The minimum atomic E-state index is -3.37. The Hall–Kier alpha value is -2.22. The van der Waals surface area contributed by atoms with Gasteiger partial charge in [-0.1, -0.05) is 60.7 Å². The molecule has 0 aromatic heterocycles. The first-order valence-electron chi connectivity index (χ1n) is 12.4. The number of sulfonamides is 1. The lowest BCUT2D eigenvalue weighted by molar-refractivity contribution is -0.126. The Labute approximate surface area is 203 Å². The molecule has 2 fully saturated rings. The first-order chi connectivity index (χ1) is 16.5. The lowest BCUT2D eigenvalue weighted by Gasteiger charge is -2.38. The van der Waals surface area contributed by atoms with Gasteiger partial charge in [-0.25, -0.2) is 12.7 Å². The number of amides is 1. The van der Waals surface area contributed by atoms with Gasteiger partial charge in [0.1, 0.15) is 0 Å². The normalized spacial score (nSPS) is 21.1. The summed E-state index contributed by atoms with van der Waals surface area (Å²) < 4.78 is 33.1. The molecule has 0 aliphatic carbocycles. The van der Waals surface area contributed by atoms with E-state index in [1.165, 1.54) is 9.87 Å². The molecular formula is C27H36N2O4S. The topological polar surface area (TPSA) is 75.7 Å². The van der Waals surface area contributed by atoms with Crippen molar-refractivity contribution in [3.63, 3.8) is 0 Å². The third-order valence-corrected chi connectivity index (χ3v) is 9.22. The van der Waals surface area contributed by atoms with E-state index in [-0.39, 0.29) is 29.5 Å². The van der Waals surface area contributed by atoms with E-state index in [4.69, 9.17) is 4.74 Å². The van der Waals surface area contributed by atoms with Crippen LogP contribution in [0.25, 0.3) is 0 Å². The number of benzene rings is 2. The van der Waals surface area contributed by atoms with Crippen LogP contribution in [0.15, 0.2) is 60.7 Å². The number of piperidine rings is 1. The summed E-state index contributed by atoms with van der Waals surface area (Å²) in [5.41, 5.74) is 2.24. The second kappa shape index (κ2) is 11.5.